The number of nitrogens with one attached hydrogen (secondary N) is 3. The third-order valence-electron chi connectivity index (χ3n) is 6.54. The fourth-order valence-corrected chi connectivity index (χ4v) is 5.18. The van der Waals surface area contributed by atoms with Crippen molar-refractivity contribution in [2.24, 2.45) is 11.8 Å². The molecule has 2 atom stereocenters. The van der Waals surface area contributed by atoms with E-state index in [0.717, 1.165) is 31.4 Å². The maximum absolute atomic E-state index is 13.5. The third kappa shape index (κ3) is 7.88. The summed E-state index contributed by atoms with van der Waals surface area (Å²) in [5.41, 5.74) is 7.17. The molecule has 0 radical (unpaired) electrons. The minimum atomic E-state index is -2.76. The van der Waals surface area contributed by atoms with Crippen LogP contribution in [0.25, 0.3) is 11.1 Å². The number of rotatable bonds is 7. The fraction of sp³-hybridized carbons (Fsp3) is 0.536. The number of hydrogen-bond acceptors (Lipinski definition) is 8. The molecule has 4 heterocycles. The molecule has 3 N–H and O–H groups in total. The standard InChI is InChI=1S/C26H29F2N5O3S.C2H6/c1-35-22-14-30-21(24(27)28)12-19(22)18-11-17(10-16-6-8-36-9-7-16)29-13-20(18)25(34)31-26-33-32-23(37-26)5-4-15-2-3-15;1-2/h11-16,23-24,26,32-33H,2-3,6-10H2,1H3,(H,31,34);1-2H3. The van der Waals surface area contributed by atoms with Gasteiger partial charge in [0.2, 0.25) is 0 Å². The molecule has 2 unspecified atom stereocenters. The number of alkyl halides is 2. The summed E-state index contributed by atoms with van der Waals surface area (Å²) in [6.45, 7) is 5.42. The van der Waals surface area contributed by atoms with Crippen LogP contribution in [0.2, 0.25) is 0 Å². The number of methoxy groups -OCH3 is 1. The summed E-state index contributed by atoms with van der Waals surface area (Å²) in [5, 5.41) is 2.80. The number of carbonyl (C=O) groups excluding carboxylic acids is 1. The van der Waals surface area contributed by atoms with Gasteiger partial charge >= 0.3 is 0 Å². The Hall–Kier alpha value is -2.78. The zero-order valence-corrected chi connectivity index (χ0v) is 23.2. The number of ether oxygens (including phenoxy) is 2. The fourth-order valence-electron chi connectivity index (χ4n) is 4.33. The average molecular weight is 560 g/mol. The maximum Gasteiger partial charge on any atom is 0.280 e. The zero-order valence-electron chi connectivity index (χ0n) is 22.4. The Morgan fingerprint density at radius 2 is 1.90 bits per heavy atom. The highest BCUT2D eigenvalue weighted by Gasteiger charge is 2.28. The highest BCUT2D eigenvalue weighted by molar-refractivity contribution is 8.00. The molecular formula is C28H35F2N5O3S. The first-order chi connectivity index (χ1) is 19.0. The summed E-state index contributed by atoms with van der Waals surface area (Å²) in [6.07, 6.45) is 4.86. The first kappa shape index (κ1) is 29.2. The Kier molecular flexibility index (Phi) is 10.5. The molecule has 3 fully saturated rings. The first-order valence-corrected chi connectivity index (χ1v) is 14.3. The number of aromatic nitrogens is 2. The van der Waals surface area contributed by atoms with Gasteiger partial charge in [-0.15, -0.1) is 0 Å². The number of halogens is 2. The topological polar surface area (TPSA) is 97.4 Å². The molecule has 210 valence electrons. The van der Waals surface area contributed by atoms with Gasteiger partial charge in [-0.05, 0) is 50.2 Å². The predicted octanol–water partition coefficient (Wildman–Crippen LogP) is 4.68. The van der Waals surface area contributed by atoms with Crippen molar-refractivity contribution in [1.29, 1.82) is 0 Å². The number of nitrogens with zero attached hydrogens (tertiary/aromatic N) is 2. The lowest BCUT2D eigenvalue weighted by atomic mass is 9.92. The Balaban J connectivity index is 0.00000172. The van der Waals surface area contributed by atoms with Crippen LogP contribution >= 0.6 is 11.8 Å². The van der Waals surface area contributed by atoms with E-state index in [-0.39, 0.29) is 22.5 Å². The van der Waals surface area contributed by atoms with Crippen molar-refractivity contribution >= 4 is 17.7 Å². The maximum atomic E-state index is 13.5. The van der Waals surface area contributed by atoms with Crippen molar-refractivity contribution in [2.75, 3.05) is 20.3 Å². The zero-order chi connectivity index (χ0) is 27.8. The molecule has 39 heavy (non-hydrogen) atoms. The van der Waals surface area contributed by atoms with Crippen molar-refractivity contribution in [1.82, 2.24) is 26.1 Å². The lowest BCUT2D eigenvalue weighted by Gasteiger charge is -2.22. The molecule has 1 aliphatic carbocycles. The van der Waals surface area contributed by atoms with Crippen molar-refractivity contribution in [3.8, 4) is 28.7 Å². The Labute approximate surface area is 232 Å². The summed E-state index contributed by atoms with van der Waals surface area (Å²) in [6, 6.07) is 3.08. The molecule has 0 bridgehead atoms. The van der Waals surface area contributed by atoms with E-state index in [1.807, 2.05) is 13.8 Å². The highest BCUT2D eigenvalue weighted by Crippen LogP contribution is 2.35. The van der Waals surface area contributed by atoms with Gasteiger partial charge in [0.05, 0.1) is 18.9 Å². The van der Waals surface area contributed by atoms with Gasteiger partial charge in [0, 0.05) is 42.1 Å². The van der Waals surface area contributed by atoms with Crippen LogP contribution in [0.3, 0.4) is 0 Å². The van der Waals surface area contributed by atoms with E-state index in [1.54, 1.807) is 6.07 Å². The first-order valence-electron chi connectivity index (χ1n) is 13.4. The van der Waals surface area contributed by atoms with Gasteiger partial charge in [-0.1, -0.05) is 37.5 Å². The Morgan fingerprint density at radius 1 is 1.13 bits per heavy atom. The van der Waals surface area contributed by atoms with Gasteiger partial charge in [-0.25, -0.2) is 19.6 Å². The number of thioether (sulfide) groups is 1. The van der Waals surface area contributed by atoms with Crippen LogP contribution in [0, 0.1) is 23.7 Å². The predicted molar refractivity (Wildman–Crippen MR) is 147 cm³/mol. The number of hydrogen-bond donors (Lipinski definition) is 3. The molecule has 2 aromatic heterocycles. The molecule has 2 aromatic rings. The summed E-state index contributed by atoms with van der Waals surface area (Å²) < 4.78 is 38.0. The monoisotopic (exact) mass is 559 g/mol. The van der Waals surface area contributed by atoms with Crippen molar-refractivity contribution < 1.29 is 23.0 Å². The van der Waals surface area contributed by atoms with Crippen LogP contribution in [-0.4, -0.2) is 47.1 Å². The quantitative estimate of drug-likeness (QED) is 0.421. The van der Waals surface area contributed by atoms with Crippen molar-refractivity contribution in [3.05, 3.63) is 41.5 Å². The van der Waals surface area contributed by atoms with Crippen molar-refractivity contribution in [2.45, 2.75) is 63.2 Å². The van der Waals surface area contributed by atoms with E-state index in [9.17, 15) is 13.6 Å². The van der Waals surface area contributed by atoms with E-state index >= 15 is 0 Å². The molecule has 2 saturated heterocycles. The van der Waals surface area contributed by atoms with Crippen LogP contribution < -0.4 is 20.9 Å². The van der Waals surface area contributed by atoms with E-state index in [2.05, 4.69) is 38.0 Å². The van der Waals surface area contributed by atoms with Gasteiger partial charge in [0.15, 0.2) is 0 Å². The third-order valence-corrected chi connectivity index (χ3v) is 7.56. The van der Waals surface area contributed by atoms with Crippen molar-refractivity contribution in [3.63, 3.8) is 0 Å². The van der Waals surface area contributed by atoms with Crippen LogP contribution in [0.1, 0.15) is 67.7 Å². The van der Waals surface area contributed by atoms with Crippen LogP contribution in [0.5, 0.6) is 5.75 Å². The van der Waals surface area contributed by atoms with Gasteiger partial charge in [-0.3, -0.25) is 14.8 Å². The molecule has 8 nitrogen and oxygen atoms in total. The molecule has 0 spiro atoms. The summed E-state index contributed by atoms with van der Waals surface area (Å²) in [5.74, 6) is 7.19. The number of carbonyl (C=O) groups is 1. The summed E-state index contributed by atoms with van der Waals surface area (Å²) >= 11 is 1.45. The SMILES string of the molecule is CC.COc1cnc(C(F)F)cc1-c1cc(CC2CCOCC2)ncc1C(=O)NC1NNC(C#CC2CC2)S1. The summed E-state index contributed by atoms with van der Waals surface area (Å²) in [7, 11) is 1.44. The Bertz CT molecular complexity index is 1200. The average Bonchev–Trinajstić information content (AvgIpc) is 3.70. The second-order valence-corrected chi connectivity index (χ2v) is 10.5. The minimum Gasteiger partial charge on any atom is -0.494 e. The molecule has 3 aliphatic rings. The lowest BCUT2D eigenvalue weighted by molar-refractivity contribution is 0.0663. The molecule has 11 heteroatoms. The Morgan fingerprint density at radius 3 is 2.59 bits per heavy atom. The molecule has 1 amide bonds. The van der Waals surface area contributed by atoms with E-state index < -0.39 is 11.9 Å². The molecule has 1 saturated carbocycles. The molecule has 2 aliphatic heterocycles. The summed E-state index contributed by atoms with van der Waals surface area (Å²) in [4.78, 5) is 21.8. The highest BCUT2D eigenvalue weighted by atomic mass is 32.2. The van der Waals surface area contributed by atoms with E-state index in [4.69, 9.17) is 9.47 Å². The van der Waals surface area contributed by atoms with Gasteiger partial charge in [0.1, 0.15) is 22.3 Å². The second-order valence-electron chi connectivity index (χ2n) is 9.31. The van der Waals surface area contributed by atoms with Crippen LogP contribution in [-0.2, 0) is 11.2 Å². The van der Waals surface area contributed by atoms with Gasteiger partial charge in [-0.2, -0.15) is 0 Å². The van der Waals surface area contributed by atoms with Gasteiger partial charge in [0.25, 0.3) is 12.3 Å². The van der Waals surface area contributed by atoms with E-state index in [0.29, 0.717) is 48.3 Å². The molecule has 0 aromatic carbocycles. The number of pyridine rings is 2. The minimum absolute atomic E-state index is 0.140. The lowest BCUT2D eigenvalue weighted by Crippen LogP contribution is -2.43. The van der Waals surface area contributed by atoms with Gasteiger partial charge < -0.3 is 14.8 Å². The smallest absolute Gasteiger partial charge is 0.280 e. The molecule has 5 rings (SSSR count). The molecular weight excluding hydrogens is 524 g/mol. The van der Waals surface area contributed by atoms with Crippen LogP contribution in [0.4, 0.5) is 8.78 Å². The largest absolute Gasteiger partial charge is 0.494 e. The number of hydrazine groups is 1. The normalized spacial score (nSPS) is 21.0. The second kappa shape index (κ2) is 14.0. The van der Waals surface area contributed by atoms with Crippen LogP contribution in [0.15, 0.2) is 24.5 Å². The van der Waals surface area contributed by atoms with E-state index in [1.165, 1.54) is 37.3 Å². The number of amides is 1.